The van der Waals surface area contributed by atoms with Crippen molar-refractivity contribution in [3.8, 4) is 5.75 Å². The van der Waals surface area contributed by atoms with E-state index in [0.29, 0.717) is 5.56 Å². The van der Waals surface area contributed by atoms with Crippen LogP contribution in [0, 0.1) is 11.6 Å². The van der Waals surface area contributed by atoms with Gasteiger partial charge < -0.3 is 4.74 Å². The molecule has 1 N–H and O–H groups in total. The van der Waals surface area contributed by atoms with Crippen LogP contribution in [0.4, 0.5) is 8.78 Å². The Balaban J connectivity index is 1.57. The first-order chi connectivity index (χ1) is 13.5. The van der Waals surface area contributed by atoms with E-state index >= 15 is 0 Å². The molecule has 0 aromatic heterocycles. The lowest BCUT2D eigenvalue weighted by atomic mass is 10.2. The Morgan fingerprint density at radius 1 is 0.893 bits per heavy atom. The van der Waals surface area contributed by atoms with Crippen molar-refractivity contribution in [1.82, 2.24) is 5.43 Å². The summed E-state index contributed by atoms with van der Waals surface area (Å²) in [7, 11) is 0. The van der Waals surface area contributed by atoms with Gasteiger partial charge in [0.2, 0.25) is 0 Å². The van der Waals surface area contributed by atoms with E-state index < -0.39 is 23.5 Å². The van der Waals surface area contributed by atoms with Crippen LogP contribution in [0.15, 0.2) is 77.9 Å². The van der Waals surface area contributed by atoms with E-state index in [0.717, 1.165) is 0 Å². The molecule has 1 amide bonds. The topological polar surface area (TPSA) is 67.8 Å². The van der Waals surface area contributed by atoms with Crippen LogP contribution in [0.2, 0.25) is 0 Å². The average Bonchev–Trinajstić information content (AvgIpc) is 2.70. The summed E-state index contributed by atoms with van der Waals surface area (Å²) in [5, 5.41) is 3.81. The van der Waals surface area contributed by atoms with Crippen LogP contribution in [0.3, 0.4) is 0 Å². The molecule has 28 heavy (non-hydrogen) atoms. The van der Waals surface area contributed by atoms with Crippen LogP contribution >= 0.6 is 0 Å². The molecule has 0 heterocycles. The zero-order chi connectivity index (χ0) is 19.9. The molecule has 140 valence electrons. The molecule has 7 heteroatoms. The lowest BCUT2D eigenvalue weighted by Gasteiger charge is -2.05. The predicted octanol–water partition coefficient (Wildman–Crippen LogP) is 3.95. The monoisotopic (exact) mass is 380 g/mol. The fourth-order valence-electron chi connectivity index (χ4n) is 2.24. The van der Waals surface area contributed by atoms with E-state index in [1.54, 1.807) is 18.2 Å². The summed E-state index contributed by atoms with van der Waals surface area (Å²) < 4.78 is 31.5. The number of hydrogen-bond donors (Lipinski definition) is 1. The molecule has 0 bridgehead atoms. The fraction of sp³-hybridized carbons (Fsp3) is 0. The number of hydrogen-bond acceptors (Lipinski definition) is 4. The molecule has 0 atom stereocenters. The number of carbonyl (C=O) groups excluding carboxylic acids is 2. The highest BCUT2D eigenvalue weighted by Crippen LogP contribution is 2.15. The number of rotatable bonds is 5. The summed E-state index contributed by atoms with van der Waals surface area (Å²) in [6.07, 6.45) is 1.39. The Kier molecular flexibility index (Phi) is 5.86. The Morgan fingerprint density at radius 2 is 1.57 bits per heavy atom. The Bertz CT molecular complexity index is 1020. The van der Waals surface area contributed by atoms with E-state index in [4.69, 9.17) is 4.74 Å². The smallest absolute Gasteiger partial charge is 0.346 e. The third-order valence-corrected chi connectivity index (χ3v) is 3.67. The van der Waals surface area contributed by atoms with Gasteiger partial charge in [0, 0.05) is 5.56 Å². The minimum atomic E-state index is -0.800. The Hall–Kier alpha value is -3.87. The maximum absolute atomic E-state index is 13.6. The molecular weight excluding hydrogens is 366 g/mol. The van der Waals surface area contributed by atoms with Gasteiger partial charge in [0.15, 0.2) is 0 Å². The quantitative estimate of drug-likeness (QED) is 0.315. The zero-order valence-electron chi connectivity index (χ0n) is 14.4. The number of carbonyl (C=O) groups is 2. The van der Waals surface area contributed by atoms with Crippen molar-refractivity contribution < 1.29 is 23.1 Å². The molecule has 3 aromatic carbocycles. The second kappa shape index (κ2) is 8.68. The number of hydrazone groups is 1. The van der Waals surface area contributed by atoms with E-state index in [1.165, 1.54) is 60.8 Å². The SMILES string of the molecule is O=C(N/N=C/c1ccc(OC(=O)c2ccccc2F)cc1)c1ccc(F)cc1. The summed E-state index contributed by atoms with van der Waals surface area (Å²) in [5.41, 5.74) is 3.07. The number of nitrogens with zero attached hydrogens (tertiary/aromatic N) is 1. The second-order valence-electron chi connectivity index (χ2n) is 5.64. The largest absolute Gasteiger partial charge is 0.423 e. The Labute approximate surface area is 159 Å². The number of amides is 1. The maximum Gasteiger partial charge on any atom is 0.346 e. The van der Waals surface area contributed by atoms with Crippen LogP contribution in [-0.4, -0.2) is 18.1 Å². The first-order valence-electron chi connectivity index (χ1n) is 8.19. The summed E-state index contributed by atoms with van der Waals surface area (Å²) in [4.78, 5) is 23.8. The van der Waals surface area contributed by atoms with Crippen LogP contribution in [-0.2, 0) is 0 Å². The molecule has 5 nitrogen and oxygen atoms in total. The van der Waals surface area contributed by atoms with Crippen LogP contribution < -0.4 is 10.2 Å². The molecule has 0 aliphatic carbocycles. The molecule has 0 saturated heterocycles. The molecule has 0 aliphatic heterocycles. The molecule has 0 aliphatic rings. The number of benzene rings is 3. The van der Waals surface area contributed by atoms with Crippen molar-refractivity contribution in [2.75, 3.05) is 0 Å². The van der Waals surface area contributed by atoms with Gasteiger partial charge >= 0.3 is 5.97 Å². The van der Waals surface area contributed by atoms with Gasteiger partial charge in [-0.15, -0.1) is 0 Å². The molecule has 0 saturated carbocycles. The van der Waals surface area contributed by atoms with Gasteiger partial charge in [-0.05, 0) is 66.2 Å². The van der Waals surface area contributed by atoms with Gasteiger partial charge in [-0.1, -0.05) is 12.1 Å². The van der Waals surface area contributed by atoms with Crippen molar-refractivity contribution >= 4 is 18.1 Å². The first-order valence-corrected chi connectivity index (χ1v) is 8.19. The third kappa shape index (κ3) is 4.85. The van der Waals surface area contributed by atoms with Crippen LogP contribution in [0.1, 0.15) is 26.3 Å². The zero-order valence-corrected chi connectivity index (χ0v) is 14.4. The highest BCUT2D eigenvalue weighted by atomic mass is 19.1. The van der Waals surface area contributed by atoms with Crippen molar-refractivity contribution in [1.29, 1.82) is 0 Å². The van der Waals surface area contributed by atoms with E-state index in [-0.39, 0.29) is 16.9 Å². The lowest BCUT2D eigenvalue weighted by Crippen LogP contribution is -2.17. The Morgan fingerprint density at radius 3 is 2.25 bits per heavy atom. The highest BCUT2D eigenvalue weighted by molar-refractivity contribution is 5.95. The number of ether oxygens (including phenoxy) is 1. The number of esters is 1. The average molecular weight is 380 g/mol. The lowest BCUT2D eigenvalue weighted by molar-refractivity contribution is 0.0729. The summed E-state index contributed by atoms with van der Waals surface area (Å²) in [5.74, 6) is -2.14. The maximum atomic E-state index is 13.6. The summed E-state index contributed by atoms with van der Waals surface area (Å²) in [6, 6.07) is 16.8. The number of halogens is 2. The van der Waals surface area contributed by atoms with Gasteiger partial charge in [0.25, 0.3) is 5.91 Å². The van der Waals surface area contributed by atoms with Gasteiger partial charge in [-0.25, -0.2) is 19.0 Å². The van der Waals surface area contributed by atoms with Crippen LogP contribution in [0.25, 0.3) is 0 Å². The molecule has 3 aromatic rings. The van der Waals surface area contributed by atoms with Gasteiger partial charge in [0.1, 0.15) is 17.4 Å². The minimum absolute atomic E-state index is 0.156. The summed E-state index contributed by atoms with van der Waals surface area (Å²) >= 11 is 0. The van der Waals surface area contributed by atoms with Crippen molar-refractivity contribution in [2.24, 2.45) is 5.10 Å². The molecule has 3 rings (SSSR count). The van der Waals surface area contributed by atoms with Gasteiger partial charge in [0.05, 0.1) is 11.8 Å². The third-order valence-electron chi connectivity index (χ3n) is 3.67. The standard InChI is InChI=1S/C21H14F2N2O3/c22-16-9-7-15(8-10-16)20(26)25-24-13-14-5-11-17(12-6-14)28-21(27)18-3-1-2-4-19(18)23/h1-13H,(H,25,26)/b24-13+. The second-order valence-corrected chi connectivity index (χ2v) is 5.64. The highest BCUT2D eigenvalue weighted by Gasteiger charge is 2.13. The normalized spacial score (nSPS) is 10.6. The van der Waals surface area contributed by atoms with Gasteiger partial charge in [-0.2, -0.15) is 5.10 Å². The van der Waals surface area contributed by atoms with Gasteiger partial charge in [-0.3, -0.25) is 4.79 Å². The number of nitrogens with one attached hydrogen (secondary N) is 1. The van der Waals surface area contributed by atoms with Crippen molar-refractivity contribution in [3.05, 3.63) is 101 Å². The fourth-order valence-corrected chi connectivity index (χ4v) is 2.24. The van der Waals surface area contributed by atoms with Crippen molar-refractivity contribution in [2.45, 2.75) is 0 Å². The first kappa shape index (κ1) is 18.9. The molecule has 0 fully saturated rings. The van der Waals surface area contributed by atoms with E-state index in [1.807, 2.05) is 0 Å². The summed E-state index contributed by atoms with van der Waals surface area (Å²) in [6.45, 7) is 0. The molecule has 0 unspecified atom stereocenters. The van der Waals surface area contributed by atoms with Crippen molar-refractivity contribution in [3.63, 3.8) is 0 Å². The van der Waals surface area contributed by atoms with E-state index in [9.17, 15) is 18.4 Å². The van der Waals surface area contributed by atoms with E-state index in [2.05, 4.69) is 10.5 Å². The molecule has 0 radical (unpaired) electrons. The molecule has 0 spiro atoms. The minimum Gasteiger partial charge on any atom is -0.423 e. The molecular formula is C21H14F2N2O3. The van der Waals surface area contributed by atoms with Crippen LogP contribution in [0.5, 0.6) is 5.75 Å². The predicted molar refractivity (Wildman–Crippen MR) is 99.3 cm³/mol.